The minimum Gasteiger partial charge on any atom is -0.246 e. The summed E-state index contributed by atoms with van der Waals surface area (Å²) in [7, 11) is 1.94. The Bertz CT molecular complexity index is 247. The summed E-state index contributed by atoms with van der Waals surface area (Å²) in [5.74, 6) is 0. The Morgan fingerprint density at radius 2 is 2.40 bits per heavy atom. The monoisotopic (exact) mass is 129 g/mol. The van der Waals surface area contributed by atoms with Crippen molar-refractivity contribution in [1.82, 2.24) is 4.98 Å². The lowest BCUT2D eigenvalue weighted by Gasteiger charge is -1.91. The molecule has 0 saturated heterocycles. The van der Waals surface area contributed by atoms with Gasteiger partial charge in [-0.2, -0.15) is 5.26 Å². The molecule has 0 unspecified atom stereocenters. The van der Waals surface area contributed by atoms with Crippen LogP contribution in [0.2, 0.25) is 6.82 Å². The fourth-order valence-electron chi connectivity index (χ4n) is 0.642. The molecule has 1 rings (SSSR count). The van der Waals surface area contributed by atoms with Crippen LogP contribution in [0.4, 0.5) is 0 Å². The highest BCUT2D eigenvalue weighted by Crippen LogP contribution is 1.86. The summed E-state index contributed by atoms with van der Waals surface area (Å²) < 4.78 is 0. The van der Waals surface area contributed by atoms with E-state index in [0.29, 0.717) is 5.69 Å². The summed E-state index contributed by atoms with van der Waals surface area (Å²) in [5.41, 5.74) is 1.50. The molecule has 0 spiro atoms. The van der Waals surface area contributed by atoms with Crippen LogP contribution in [0.15, 0.2) is 18.3 Å². The predicted molar refractivity (Wildman–Crippen MR) is 40.2 cm³/mol. The van der Waals surface area contributed by atoms with E-state index in [9.17, 15) is 0 Å². The first-order valence-corrected chi connectivity index (χ1v) is 3.02. The van der Waals surface area contributed by atoms with Crippen LogP contribution >= 0.6 is 0 Å². The van der Waals surface area contributed by atoms with Crippen molar-refractivity contribution in [3.05, 3.63) is 24.0 Å². The fourth-order valence-corrected chi connectivity index (χ4v) is 0.642. The molecule has 1 radical (unpaired) electrons. The average Bonchev–Trinajstić information content (AvgIpc) is 2.05. The molecule has 0 atom stereocenters. The zero-order chi connectivity index (χ0) is 7.40. The van der Waals surface area contributed by atoms with Crippen molar-refractivity contribution < 1.29 is 0 Å². The smallest absolute Gasteiger partial charge is 0.150 e. The number of pyridine rings is 1. The zero-order valence-electron chi connectivity index (χ0n) is 5.70. The third-order valence-corrected chi connectivity index (χ3v) is 1.23. The zero-order valence-corrected chi connectivity index (χ0v) is 5.70. The highest BCUT2D eigenvalue weighted by molar-refractivity contribution is 6.51. The van der Waals surface area contributed by atoms with Crippen molar-refractivity contribution in [3.63, 3.8) is 0 Å². The van der Waals surface area contributed by atoms with Crippen LogP contribution in [0, 0.1) is 11.3 Å². The lowest BCUT2D eigenvalue weighted by atomic mass is 9.74. The molecule has 1 aromatic rings. The van der Waals surface area contributed by atoms with Crippen LogP contribution in [-0.4, -0.2) is 12.3 Å². The SMILES string of the molecule is C[B]c1ccc(C#N)nc1. The Morgan fingerprint density at radius 3 is 2.80 bits per heavy atom. The normalized spacial score (nSPS) is 8.40. The van der Waals surface area contributed by atoms with Crippen molar-refractivity contribution >= 4 is 12.7 Å². The number of hydrogen-bond acceptors (Lipinski definition) is 2. The van der Waals surface area contributed by atoms with E-state index < -0.39 is 0 Å². The molecule has 0 aliphatic carbocycles. The van der Waals surface area contributed by atoms with Gasteiger partial charge < -0.3 is 0 Å². The maximum absolute atomic E-state index is 8.38. The van der Waals surface area contributed by atoms with E-state index in [2.05, 4.69) is 4.98 Å². The predicted octanol–water partition coefficient (Wildman–Crippen LogP) is 0.331. The molecule has 0 aliphatic heterocycles. The molecule has 2 nitrogen and oxygen atoms in total. The standard InChI is InChI=1S/C7H6BN2/c1-8-6-2-3-7(4-9)10-5-6/h2-3,5H,1H3. The van der Waals surface area contributed by atoms with E-state index in [0.717, 1.165) is 5.46 Å². The fraction of sp³-hybridized carbons (Fsp3) is 0.143. The Hall–Kier alpha value is -1.30. The van der Waals surface area contributed by atoms with Crippen molar-refractivity contribution in [1.29, 1.82) is 5.26 Å². The Kier molecular flexibility index (Phi) is 2.06. The molecule has 0 aromatic carbocycles. The Labute approximate surface area is 60.8 Å². The Morgan fingerprint density at radius 1 is 1.60 bits per heavy atom. The molecule has 0 aliphatic rings. The third kappa shape index (κ3) is 1.35. The molecule has 0 fully saturated rings. The average molecular weight is 129 g/mol. The lowest BCUT2D eigenvalue weighted by Crippen LogP contribution is -2.10. The first-order valence-electron chi connectivity index (χ1n) is 3.02. The second-order valence-corrected chi connectivity index (χ2v) is 1.88. The molecule has 0 N–H and O–H groups in total. The van der Waals surface area contributed by atoms with Crippen molar-refractivity contribution in [3.8, 4) is 6.07 Å². The van der Waals surface area contributed by atoms with E-state index in [4.69, 9.17) is 5.26 Å². The number of aromatic nitrogens is 1. The maximum atomic E-state index is 8.38. The van der Waals surface area contributed by atoms with Crippen molar-refractivity contribution in [2.45, 2.75) is 6.82 Å². The summed E-state index contributed by atoms with van der Waals surface area (Å²) in [5, 5.41) is 8.38. The number of rotatable bonds is 1. The van der Waals surface area contributed by atoms with Gasteiger partial charge in [0.1, 0.15) is 19.0 Å². The minimum absolute atomic E-state index is 0.464. The molecule has 1 aromatic heterocycles. The molecule has 0 saturated carbocycles. The second kappa shape index (κ2) is 3.02. The molecule has 0 amide bonds. The molecule has 0 bridgehead atoms. The van der Waals surface area contributed by atoms with Crippen molar-refractivity contribution in [2.75, 3.05) is 0 Å². The van der Waals surface area contributed by atoms with E-state index in [1.807, 2.05) is 26.2 Å². The van der Waals surface area contributed by atoms with E-state index in [1.54, 1.807) is 12.3 Å². The first-order chi connectivity index (χ1) is 4.86. The van der Waals surface area contributed by atoms with E-state index >= 15 is 0 Å². The van der Waals surface area contributed by atoms with Gasteiger partial charge in [0.2, 0.25) is 0 Å². The second-order valence-electron chi connectivity index (χ2n) is 1.88. The topological polar surface area (TPSA) is 36.7 Å². The molecule has 47 valence electrons. The van der Waals surface area contributed by atoms with Crippen LogP contribution in [0.5, 0.6) is 0 Å². The molecule has 10 heavy (non-hydrogen) atoms. The van der Waals surface area contributed by atoms with Gasteiger partial charge in [-0.3, -0.25) is 0 Å². The third-order valence-electron chi connectivity index (χ3n) is 1.23. The molecular formula is C7H6BN2. The molecular weight excluding hydrogens is 123 g/mol. The summed E-state index contributed by atoms with van der Waals surface area (Å²) in [6, 6.07) is 5.52. The summed E-state index contributed by atoms with van der Waals surface area (Å²) in [6.45, 7) is 1.93. The lowest BCUT2D eigenvalue weighted by molar-refractivity contribution is 1.28. The number of nitriles is 1. The summed E-state index contributed by atoms with van der Waals surface area (Å²) in [6.07, 6.45) is 1.68. The maximum Gasteiger partial charge on any atom is 0.150 e. The van der Waals surface area contributed by atoms with Gasteiger partial charge in [-0.25, -0.2) is 4.98 Å². The van der Waals surface area contributed by atoms with Gasteiger partial charge in [0.25, 0.3) is 0 Å². The van der Waals surface area contributed by atoms with E-state index in [-0.39, 0.29) is 0 Å². The van der Waals surface area contributed by atoms with Gasteiger partial charge >= 0.3 is 0 Å². The first kappa shape index (κ1) is 6.82. The Balaban J connectivity index is 2.93. The van der Waals surface area contributed by atoms with Crippen LogP contribution in [0.1, 0.15) is 5.69 Å². The van der Waals surface area contributed by atoms with Crippen LogP contribution < -0.4 is 5.46 Å². The largest absolute Gasteiger partial charge is 0.246 e. The highest BCUT2D eigenvalue weighted by atomic mass is 14.7. The van der Waals surface area contributed by atoms with Gasteiger partial charge in [0.05, 0.1) is 0 Å². The van der Waals surface area contributed by atoms with Gasteiger partial charge in [0, 0.05) is 6.20 Å². The van der Waals surface area contributed by atoms with Gasteiger partial charge in [-0.1, -0.05) is 18.4 Å². The van der Waals surface area contributed by atoms with Crippen LogP contribution in [-0.2, 0) is 0 Å². The number of hydrogen-bond donors (Lipinski definition) is 0. The summed E-state index contributed by atoms with van der Waals surface area (Å²) in [4.78, 5) is 3.88. The summed E-state index contributed by atoms with van der Waals surface area (Å²) >= 11 is 0. The van der Waals surface area contributed by atoms with E-state index in [1.165, 1.54) is 0 Å². The number of nitrogens with zero attached hydrogens (tertiary/aromatic N) is 2. The molecule has 3 heteroatoms. The van der Waals surface area contributed by atoms with Crippen LogP contribution in [0.25, 0.3) is 0 Å². The minimum atomic E-state index is 0.464. The quantitative estimate of drug-likeness (QED) is 0.512. The van der Waals surface area contributed by atoms with Gasteiger partial charge in [0.15, 0.2) is 0 Å². The van der Waals surface area contributed by atoms with Gasteiger partial charge in [-0.15, -0.1) is 0 Å². The van der Waals surface area contributed by atoms with Gasteiger partial charge in [-0.05, 0) is 6.07 Å². The van der Waals surface area contributed by atoms with Crippen LogP contribution in [0.3, 0.4) is 0 Å². The molecule has 1 heterocycles. The highest BCUT2D eigenvalue weighted by Gasteiger charge is 1.90. The van der Waals surface area contributed by atoms with Crippen molar-refractivity contribution in [2.24, 2.45) is 0 Å².